The summed E-state index contributed by atoms with van der Waals surface area (Å²) in [6.45, 7) is 0.570. The minimum atomic E-state index is -0.533. The number of pyridine rings is 1. The average molecular weight is 259 g/mol. The van der Waals surface area contributed by atoms with Gasteiger partial charge in [0.15, 0.2) is 6.20 Å². The molecule has 0 aliphatic heterocycles. The number of anilines is 1. The zero-order valence-corrected chi connectivity index (χ0v) is 10.1. The maximum Gasteiger partial charge on any atom is 0.363 e. The Morgan fingerprint density at radius 2 is 2.05 bits per heavy atom. The van der Waals surface area contributed by atoms with Crippen molar-refractivity contribution in [3.05, 3.63) is 63.8 Å². The highest BCUT2D eigenvalue weighted by Crippen LogP contribution is 2.13. The summed E-state index contributed by atoms with van der Waals surface area (Å²) in [6.07, 6.45) is 1.42. The van der Waals surface area contributed by atoms with Gasteiger partial charge in [-0.2, -0.15) is 0 Å². The standard InChI is InChI=1S/C13H13N3O3/c17-9-11-3-1-2-10(6-11)7-14-12-4-5-13(15-8-12)16(18)19/h1-6,8,14,17H,7,9H2. The van der Waals surface area contributed by atoms with Gasteiger partial charge in [0.25, 0.3) is 0 Å². The van der Waals surface area contributed by atoms with E-state index in [-0.39, 0.29) is 12.4 Å². The molecular weight excluding hydrogens is 246 g/mol. The van der Waals surface area contributed by atoms with Crippen molar-refractivity contribution in [1.82, 2.24) is 4.98 Å². The summed E-state index contributed by atoms with van der Waals surface area (Å²) in [4.78, 5) is 13.7. The van der Waals surface area contributed by atoms with Crippen molar-refractivity contribution in [2.24, 2.45) is 0 Å². The van der Waals surface area contributed by atoms with Crippen LogP contribution in [0, 0.1) is 10.1 Å². The van der Waals surface area contributed by atoms with E-state index in [2.05, 4.69) is 10.3 Å². The summed E-state index contributed by atoms with van der Waals surface area (Å²) < 4.78 is 0. The van der Waals surface area contributed by atoms with E-state index < -0.39 is 4.92 Å². The third-order valence-electron chi connectivity index (χ3n) is 2.61. The van der Waals surface area contributed by atoms with E-state index >= 15 is 0 Å². The van der Waals surface area contributed by atoms with Crippen LogP contribution in [0.2, 0.25) is 0 Å². The Bertz CT molecular complexity index is 570. The van der Waals surface area contributed by atoms with Crippen molar-refractivity contribution in [2.45, 2.75) is 13.2 Å². The van der Waals surface area contributed by atoms with Crippen molar-refractivity contribution < 1.29 is 10.0 Å². The van der Waals surface area contributed by atoms with E-state index in [1.165, 1.54) is 12.3 Å². The van der Waals surface area contributed by atoms with Crippen LogP contribution >= 0.6 is 0 Å². The number of nitro groups is 1. The van der Waals surface area contributed by atoms with E-state index in [9.17, 15) is 10.1 Å². The fourth-order valence-corrected chi connectivity index (χ4v) is 1.64. The molecule has 0 bridgehead atoms. The van der Waals surface area contributed by atoms with E-state index in [4.69, 9.17) is 5.11 Å². The highest BCUT2D eigenvalue weighted by Gasteiger charge is 2.05. The predicted molar refractivity (Wildman–Crippen MR) is 70.6 cm³/mol. The first-order valence-corrected chi connectivity index (χ1v) is 5.72. The molecule has 0 amide bonds. The molecule has 0 atom stereocenters. The number of nitrogens with one attached hydrogen (secondary N) is 1. The van der Waals surface area contributed by atoms with Gasteiger partial charge in [0.2, 0.25) is 0 Å². The molecule has 19 heavy (non-hydrogen) atoms. The second-order valence-electron chi connectivity index (χ2n) is 3.99. The molecule has 0 aliphatic carbocycles. The van der Waals surface area contributed by atoms with Crippen LogP contribution in [0.1, 0.15) is 11.1 Å². The van der Waals surface area contributed by atoms with Gasteiger partial charge in [-0.3, -0.25) is 0 Å². The molecule has 1 aromatic heterocycles. The van der Waals surface area contributed by atoms with Crippen molar-refractivity contribution in [1.29, 1.82) is 0 Å². The van der Waals surface area contributed by atoms with Gasteiger partial charge < -0.3 is 20.5 Å². The average Bonchev–Trinajstić information content (AvgIpc) is 2.46. The van der Waals surface area contributed by atoms with Crippen LogP contribution in [0.15, 0.2) is 42.6 Å². The summed E-state index contributed by atoms with van der Waals surface area (Å²) in [7, 11) is 0. The lowest BCUT2D eigenvalue weighted by molar-refractivity contribution is -0.389. The first kappa shape index (κ1) is 13.0. The zero-order valence-electron chi connectivity index (χ0n) is 10.1. The molecule has 0 fully saturated rings. The van der Waals surface area contributed by atoms with Crippen LogP contribution < -0.4 is 5.32 Å². The fourth-order valence-electron chi connectivity index (χ4n) is 1.64. The maximum absolute atomic E-state index is 10.5. The molecule has 2 N–H and O–H groups in total. The third kappa shape index (κ3) is 3.49. The Hall–Kier alpha value is -2.47. The number of benzene rings is 1. The van der Waals surface area contributed by atoms with E-state index in [1.807, 2.05) is 24.3 Å². The topological polar surface area (TPSA) is 88.3 Å². The fraction of sp³-hybridized carbons (Fsp3) is 0.154. The van der Waals surface area contributed by atoms with Gasteiger partial charge in [0, 0.05) is 12.6 Å². The maximum atomic E-state index is 10.5. The Balaban J connectivity index is 1.99. The highest BCUT2D eigenvalue weighted by atomic mass is 16.6. The molecule has 0 saturated carbocycles. The molecule has 0 radical (unpaired) electrons. The van der Waals surface area contributed by atoms with Gasteiger partial charge in [0.1, 0.15) is 0 Å². The second-order valence-corrected chi connectivity index (χ2v) is 3.99. The third-order valence-corrected chi connectivity index (χ3v) is 2.61. The number of nitrogens with zero attached hydrogens (tertiary/aromatic N) is 2. The summed E-state index contributed by atoms with van der Waals surface area (Å²) in [6, 6.07) is 10.5. The number of aromatic nitrogens is 1. The molecule has 2 rings (SSSR count). The molecule has 6 nitrogen and oxygen atoms in total. The van der Waals surface area contributed by atoms with Crippen LogP contribution in [0.25, 0.3) is 0 Å². The number of rotatable bonds is 5. The Morgan fingerprint density at radius 3 is 2.68 bits per heavy atom. The van der Waals surface area contributed by atoms with Gasteiger partial charge in [-0.25, -0.2) is 0 Å². The number of hydrogen-bond acceptors (Lipinski definition) is 5. The van der Waals surface area contributed by atoms with Crippen LogP contribution in [0.4, 0.5) is 11.5 Å². The molecule has 0 aliphatic rings. The lowest BCUT2D eigenvalue weighted by atomic mass is 10.1. The van der Waals surface area contributed by atoms with Crippen molar-refractivity contribution in [3.63, 3.8) is 0 Å². The number of hydrogen-bond donors (Lipinski definition) is 2. The van der Waals surface area contributed by atoms with Gasteiger partial charge in [-0.15, -0.1) is 0 Å². The Morgan fingerprint density at radius 1 is 1.26 bits per heavy atom. The molecule has 2 aromatic rings. The van der Waals surface area contributed by atoms with Gasteiger partial charge in [-0.05, 0) is 27.1 Å². The smallest absolute Gasteiger partial charge is 0.363 e. The summed E-state index contributed by atoms with van der Waals surface area (Å²) in [5.74, 6) is -0.173. The number of aliphatic hydroxyl groups is 1. The first-order valence-electron chi connectivity index (χ1n) is 5.72. The highest BCUT2D eigenvalue weighted by molar-refractivity contribution is 5.44. The van der Waals surface area contributed by atoms with Crippen molar-refractivity contribution >= 4 is 11.5 Å². The van der Waals surface area contributed by atoms with Crippen LogP contribution in [0.5, 0.6) is 0 Å². The van der Waals surface area contributed by atoms with Crippen molar-refractivity contribution in [3.8, 4) is 0 Å². The zero-order chi connectivity index (χ0) is 13.7. The van der Waals surface area contributed by atoms with Crippen LogP contribution in [0.3, 0.4) is 0 Å². The molecule has 1 heterocycles. The van der Waals surface area contributed by atoms with Crippen LogP contribution in [-0.4, -0.2) is 15.0 Å². The minimum Gasteiger partial charge on any atom is -0.392 e. The molecule has 98 valence electrons. The molecule has 0 spiro atoms. The predicted octanol–water partition coefficient (Wildman–Crippen LogP) is 2.09. The number of aliphatic hydroxyl groups excluding tert-OH is 1. The van der Waals surface area contributed by atoms with E-state index in [0.717, 1.165) is 11.1 Å². The van der Waals surface area contributed by atoms with Gasteiger partial charge >= 0.3 is 5.82 Å². The Kier molecular flexibility index (Phi) is 4.04. The monoisotopic (exact) mass is 259 g/mol. The summed E-state index contributed by atoms with van der Waals surface area (Å²) >= 11 is 0. The van der Waals surface area contributed by atoms with Crippen LogP contribution in [-0.2, 0) is 13.2 Å². The Labute approximate surface area is 109 Å². The molecule has 0 unspecified atom stereocenters. The van der Waals surface area contributed by atoms with Gasteiger partial charge in [0.05, 0.1) is 12.3 Å². The molecular formula is C13H13N3O3. The van der Waals surface area contributed by atoms with E-state index in [0.29, 0.717) is 12.2 Å². The lowest BCUT2D eigenvalue weighted by Gasteiger charge is -2.06. The normalized spacial score (nSPS) is 10.2. The van der Waals surface area contributed by atoms with E-state index in [1.54, 1.807) is 6.07 Å². The molecule has 6 heteroatoms. The first-order chi connectivity index (χ1) is 9.19. The molecule has 1 aromatic carbocycles. The molecule has 0 saturated heterocycles. The lowest BCUT2D eigenvalue weighted by Crippen LogP contribution is -2.01. The summed E-state index contributed by atoms with van der Waals surface area (Å²) in [5.41, 5.74) is 2.58. The van der Waals surface area contributed by atoms with Gasteiger partial charge in [-0.1, -0.05) is 24.3 Å². The largest absolute Gasteiger partial charge is 0.392 e. The minimum absolute atomic E-state index is 0.00687. The quantitative estimate of drug-likeness (QED) is 0.634. The summed E-state index contributed by atoms with van der Waals surface area (Å²) in [5, 5.41) is 22.6. The van der Waals surface area contributed by atoms with Crippen molar-refractivity contribution in [2.75, 3.05) is 5.32 Å². The SMILES string of the molecule is O=[N+]([O-])c1ccc(NCc2cccc(CO)c2)cn1. The second kappa shape index (κ2) is 5.92.